The summed E-state index contributed by atoms with van der Waals surface area (Å²) >= 11 is 0. The summed E-state index contributed by atoms with van der Waals surface area (Å²) < 4.78 is 0. The minimum Gasteiger partial charge on any atom is -0.0536 e. The summed E-state index contributed by atoms with van der Waals surface area (Å²) in [6.07, 6.45) is 24.4. The SMILES string of the molecule is [SiH3][SiH](C1CCCCC1)[SiH](C1CCCCC1)C1CCCCC1. The highest BCUT2D eigenvalue weighted by Crippen LogP contribution is 2.45. The van der Waals surface area contributed by atoms with Crippen LogP contribution < -0.4 is 0 Å². The van der Waals surface area contributed by atoms with Gasteiger partial charge < -0.3 is 0 Å². The Morgan fingerprint density at radius 1 is 0.476 bits per heavy atom. The van der Waals surface area contributed by atoms with E-state index in [-0.39, 0.29) is 16.1 Å². The molecule has 3 fully saturated rings. The lowest BCUT2D eigenvalue weighted by molar-refractivity contribution is 0.464. The second-order valence-electron chi connectivity index (χ2n) is 8.63. The minimum atomic E-state index is -0.363. The van der Waals surface area contributed by atoms with E-state index in [9.17, 15) is 0 Å². The third-order valence-electron chi connectivity index (χ3n) is 7.39. The summed E-state index contributed by atoms with van der Waals surface area (Å²) in [5.41, 5.74) is 4.00. The normalized spacial score (nSPS) is 29.0. The maximum absolute atomic E-state index is 1.69. The van der Waals surface area contributed by atoms with E-state index >= 15 is 0 Å². The molecule has 3 aliphatic rings. The van der Waals surface area contributed by atoms with Gasteiger partial charge in [-0.05, 0) is 9.76 Å². The fourth-order valence-corrected chi connectivity index (χ4v) is 35.7. The lowest BCUT2D eigenvalue weighted by atomic mass is 9.99. The lowest BCUT2D eigenvalue weighted by Gasteiger charge is -2.43. The van der Waals surface area contributed by atoms with Crippen molar-refractivity contribution < 1.29 is 0 Å². The van der Waals surface area contributed by atoms with Gasteiger partial charge in [0, 0.05) is 16.1 Å². The van der Waals surface area contributed by atoms with E-state index in [1.54, 1.807) is 106 Å². The van der Waals surface area contributed by atoms with Gasteiger partial charge in [0.15, 0.2) is 0 Å². The zero-order valence-corrected chi connectivity index (χ0v) is 18.8. The first-order valence-corrected chi connectivity index (χ1v) is 19.6. The van der Waals surface area contributed by atoms with Crippen LogP contribution in [0.2, 0.25) is 16.6 Å². The summed E-state index contributed by atoms with van der Waals surface area (Å²) in [4.78, 5) is 0. The van der Waals surface area contributed by atoms with Crippen LogP contribution in [0.4, 0.5) is 0 Å². The highest BCUT2D eigenvalue weighted by Gasteiger charge is 2.39. The molecule has 1 unspecified atom stereocenters. The van der Waals surface area contributed by atoms with Crippen LogP contribution in [0.3, 0.4) is 0 Å². The van der Waals surface area contributed by atoms with E-state index in [1.807, 2.05) is 0 Å². The quantitative estimate of drug-likeness (QED) is 0.667. The molecule has 0 radical (unpaired) electrons. The molecule has 122 valence electrons. The van der Waals surface area contributed by atoms with Crippen LogP contribution in [0.15, 0.2) is 0 Å². The van der Waals surface area contributed by atoms with Gasteiger partial charge in [-0.3, -0.25) is 0 Å². The average molecular weight is 339 g/mol. The van der Waals surface area contributed by atoms with Crippen molar-refractivity contribution in [2.75, 3.05) is 0 Å². The van der Waals surface area contributed by atoms with Crippen LogP contribution in [0.5, 0.6) is 0 Å². The summed E-state index contributed by atoms with van der Waals surface area (Å²) in [5, 5.41) is 0. The number of rotatable bonds is 4. The standard InChI is InChI=1S/C18H38Si3/c19-21(18-14-8-3-9-15-18)20(16-10-4-1-5-11-16)17-12-6-2-7-13-17/h16-18,20-21H,1-15H2,19H3. The van der Waals surface area contributed by atoms with E-state index in [0.29, 0.717) is 0 Å². The van der Waals surface area contributed by atoms with Crippen molar-refractivity contribution >= 4 is 25.9 Å². The highest BCUT2D eigenvalue weighted by atomic mass is 29.6. The van der Waals surface area contributed by atoms with Crippen molar-refractivity contribution in [1.29, 1.82) is 0 Å². The monoisotopic (exact) mass is 338 g/mol. The van der Waals surface area contributed by atoms with E-state index in [4.69, 9.17) is 0 Å². The molecule has 3 heteroatoms. The van der Waals surface area contributed by atoms with Crippen LogP contribution in [-0.4, -0.2) is 25.9 Å². The molecule has 0 bridgehead atoms. The molecular weight excluding hydrogens is 300 g/mol. The van der Waals surface area contributed by atoms with Crippen molar-refractivity contribution in [2.45, 2.75) is 113 Å². The molecule has 0 spiro atoms. The molecule has 0 saturated heterocycles. The van der Waals surface area contributed by atoms with Crippen LogP contribution in [0.1, 0.15) is 96.3 Å². The van der Waals surface area contributed by atoms with E-state index in [0.717, 1.165) is 0 Å². The first-order chi connectivity index (χ1) is 10.4. The van der Waals surface area contributed by atoms with E-state index in [2.05, 4.69) is 0 Å². The topological polar surface area (TPSA) is 0 Å². The van der Waals surface area contributed by atoms with Crippen molar-refractivity contribution in [3.05, 3.63) is 0 Å². The molecule has 0 amide bonds. The molecule has 0 N–H and O–H groups in total. The predicted octanol–water partition coefficient (Wildman–Crippen LogP) is 4.38. The van der Waals surface area contributed by atoms with Crippen molar-refractivity contribution in [1.82, 2.24) is 0 Å². The van der Waals surface area contributed by atoms with Gasteiger partial charge in [-0.25, -0.2) is 0 Å². The van der Waals surface area contributed by atoms with Gasteiger partial charge in [0.05, 0.1) is 0 Å². The largest absolute Gasteiger partial charge is 0.0536 e. The maximum Gasteiger partial charge on any atom is 0.0311 e. The smallest absolute Gasteiger partial charge is 0.0311 e. The Morgan fingerprint density at radius 3 is 1.19 bits per heavy atom. The van der Waals surface area contributed by atoms with Gasteiger partial charge >= 0.3 is 0 Å². The first-order valence-electron chi connectivity index (χ1n) is 10.4. The molecule has 3 rings (SSSR count). The summed E-state index contributed by atoms with van der Waals surface area (Å²) in [6, 6.07) is 0. The summed E-state index contributed by atoms with van der Waals surface area (Å²) in [7, 11) is 1.05. The lowest BCUT2D eigenvalue weighted by Crippen LogP contribution is -2.48. The molecule has 1 atom stereocenters. The van der Waals surface area contributed by atoms with Crippen LogP contribution in [0.25, 0.3) is 0 Å². The molecule has 3 saturated carbocycles. The fraction of sp³-hybridized carbons (Fsp3) is 1.00. The molecule has 0 aliphatic heterocycles. The van der Waals surface area contributed by atoms with Crippen molar-refractivity contribution in [3.63, 3.8) is 0 Å². The third-order valence-corrected chi connectivity index (χ3v) is 32.6. The van der Waals surface area contributed by atoms with Gasteiger partial charge in [-0.15, -0.1) is 0 Å². The molecule has 3 aliphatic carbocycles. The van der Waals surface area contributed by atoms with Crippen LogP contribution in [0, 0.1) is 0 Å². The Hall–Kier alpha value is 0.651. The Kier molecular flexibility index (Phi) is 6.67. The van der Waals surface area contributed by atoms with Crippen molar-refractivity contribution in [3.8, 4) is 0 Å². The zero-order chi connectivity index (χ0) is 14.5. The van der Waals surface area contributed by atoms with Crippen LogP contribution in [-0.2, 0) is 0 Å². The third kappa shape index (κ3) is 4.35. The van der Waals surface area contributed by atoms with Gasteiger partial charge in [-0.2, -0.15) is 0 Å². The van der Waals surface area contributed by atoms with E-state index in [1.165, 1.54) is 16.6 Å². The number of hydrogen-bond acceptors (Lipinski definition) is 0. The predicted molar refractivity (Wildman–Crippen MR) is 105 cm³/mol. The molecule has 21 heavy (non-hydrogen) atoms. The molecular formula is C18H38Si3. The second-order valence-corrected chi connectivity index (χ2v) is 27.8. The second kappa shape index (κ2) is 8.49. The zero-order valence-electron chi connectivity index (χ0n) is 14.5. The number of hydrogen-bond donors (Lipinski definition) is 0. The fourth-order valence-electron chi connectivity index (χ4n) is 6.26. The minimum absolute atomic E-state index is 0.267. The highest BCUT2D eigenvalue weighted by molar-refractivity contribution is 7.42. The molecule has 0 aromatic rings. The Labute approximate surface area is 139 Å². The maximum atomic E-state index is 1.69. The molecule has 0 heterocycles. The molecule has 0 aromatic carbocycles. The van der Waals surface area contributed by atoms with Crippen molar-refractivity contribution in [2.24, 2.45) is 0 Å². The van der Waals surface area contributed by atoms with Gasteiger partial charge in [0.25, 0.3) is 0 Å². The Morgan fingerprint density at radius 2 is 0.810 bits per heavy atom. The first kappa shape index (κ1) is 16.5. The van der Waals surface area contributed by atoms with E-state index < -0.39 is 0 Å². The van der Waals surface area contributed by atoms with Gasteiger partial charge in [-0.1, -0.05) is 113 Å². The Bertz CT molecular complexity index is 271. The summed E-state index contributed by atoms with van der Waals surface area (Å²) in [5.74, 6) is 0. The van der Waals surface area contributed by atoms with Gasteiger partial charge in [0.2, 0.25) is 0 Å². The summed E-state index contributed by atoms with van der Waals surface area (Å²) in [6.45, 7) is 0. The Balaban J connectivity index is 1.69. The average Bonchev–Trinajstić information content (AvgIpc) is 2.58. The molecule has 0 aromatic heterocycles. The van der Waals surface area contributed by atoms with Crippen LogP contribution >= 0.6 is 0 Å². The molecule has 0 nitrogen and oxygen atoms in total. The van der Waals surface area contributed by atoms with Gasteiger partial charge in [0.1, 0.15) is 0 Å².